The van der Waals surface area contributed by atoms with Gasteiger partial charge in [-0.25, -0.2) is 4.57 Å². The van der Waals surface area contributed by atoms with E-state index in [2.05, 4.69) is 42.9 Å². The summed E-state index contributed by atoms with van der Waals surface area (Å²) in [5, 5.41) is 0. The average molecular weight is 300 g/mol. The Balaban J connectivity index is 0.00000256. The predicted octanol–water partition coefficient (Wildman–Crippen LogP) is 0.901. The van der Waals surface area contributed by atoms with Crippen molar-refractivity contribution in [3.8, 4) is 0 Å². The van der Waals surface area contributed by atoms with E-state index in [1.807, 2.05) is 0 Å². The van der Waals surface area contributed by atoms with E-state index in [0.717, 1.165) is 6.42 Å². The van der Waals surface area contributed by atoms with Gasteiger partial charge in [0.2, 0.25) is 0 Å². The smallest absolute Gasteiger partial charge is 0.171 e. The zero-order valence-corrected chi connectivity index (χ0v) is 12.9. The van der Waals surface area contributed by atoms with Gasteiger partial charge < -0.3 is 17.0 Å². The van der Waals surface area contributed by atoms with E-state index in [-0.39, 0.29) is 17.0 Å². The van der Waals surface area contributed by atoms with Crippen LogP contribution in [0, 0.1) is 0 Å². The second-order valence-electron chi connectivity index (χ2n) is 4.57. The van der Waals surface area contributed by atoms with Crippen molar-refractivity contribution >= 4 is 0 Å². The van der Waals surface area contributed by atoms with Crippen molar-refractivity contribution in [1.29, 1.82) is 0 Å². The van der Waals surface area contributed by atoms with E-state index in [4.69, 9.17) is 0 Å². The molecule has 1 heterocycles. The van der Waals surface area contributed by atoms with Crippen molar-refractivity contribution in [1.82, 2.24) is 0 Å². The van der Waals surface area contributed by atoms with Crippen molar-refractivity contribution in [2.45, 2.75) is 65.3 Å². The Morgan fingerprint density at radius 3 is 2.41 bits per heavy atom. The Morgan fingerprint density at radius 1 is 1.00 bits per heavy atom. The fourth-order valence-electron chi connectivity index (χ4n) is 2.00. The summed E-state index contributed by atoms with van der Waals surface area (Å²) in [4.78, 5) is 0. The topological polar surface area (TPSA) is 3.88 Å². The van der Waals surface area contributed by atoms with Gasteiger partial charge in [0.05, 0.1) is 0 Å². The van der Waals surface area contributed by atoms with Gasteiger partial charge >= 0.3 is 0 Å². The average Bonchev–Trinajstić information content (AvgIpc) is 2.34. The zero-order chi connectivity index (χ0) is 11.6. The maximum atomic E-state index is 2.33. The number of halogens is 1. The number of hydrogen-bond donors (Lipinski definition) is 0. The molecule has 0 atom stereocenters. The molecular weight excluding hydrogens is 274 g/mol. The van der Waals surface area contributed by atoms with Crippen LogP contribution in [-0.4, -0.2) is 0 Å². The molecule has 1 aromatic heterocycles. The molecule has 17 heavy (non-hydrogen) atoms. The molecule has 0 aromatic carbocycles. The van der Waals surface area contributed by atoms with Gasteiger partial charge in [-0.15, -0.1) is 0 Å². The first-order valence-electron chi connectivity index (χ1n) is 6.84. The first-order chi connectivity index (χ1) is 7.86. The van der Waals surface area contributed by atoms with Crippen LogP contribution in [0.4, 0.5) is 0 Å². The Bertz CT molecular complexity index is 286. The highest BCUT2D eigenvalue weighted by Crippen LogP contribution is 2.04. The summed E-state index contributed by atoms with van der Waals surface area (Å²) in [6, 6.07) is 4.37. The van der Waals surface area contributed by atoms with Crippen LogP contribution in [0.1, 0.15) is 57.9 Å². The summed E-state index contributed by atoms with van der Waals surface area (Å²) in [6.45, 7) is 5.66. The lowest BCUT2D eigenvalue weighted by Gasteiger charge is -2.00. The van der Waals surface area contributed by atoms with E-state index in [1.54, 1.807) is 0 Å². The molecule has 0 aliphatic carbocycles. The van der Waals surface area contributed by atoms with Crippen molar-refractivity contribution in [3.63, 3.8) is 0 Å². The summed E-state index contributed by atoms with van der Waals surface area (Å²) < 4.78 is 2.33. The van der Waals surface area contributed by atoms with Crippen LogP contribution in [-0.2, 0) is 13.0 Å². The Kier molecular flexibility index (Phi) is 10.5. The minimum Gasteiger partial charge on any atom is -1.00 e. The van der Waals surface area contributed by atoms with Gasteiger partial charge in [-0.05, 0) is 18.9 Å². The highest BCUT2D eigenvalue weighted by molar-refractivity contribution is 5.04. The predicted molar refractivity (Wildman–Crippen MR) is 69.4 cm³/mol. The third-order valence-corrected chi connectivity index (χ3v) is 3.10. The van der Waals surface area contributed by atoms with Crippen LogP contribution in [0.3, 0.4) is 0 Å². The van der Waals surface area contributed by atoms with Crippen molar-refractivity contribution in [3.05, 3.63) is 30.1 Å². The van der Waals surface area contributed by atoms with Crippen molar-refractivity contribution in [2.75, 3.05) is 0 Å². The Morgan fingerprint density at radius 2 is 1.71 bits per heavy atom. The number of unbranched alkanes of at least 4 members (excludes halogenated alkanes) is 5. The number of aryl methyl sites for hydroxylation is 2. The molecule has 0 saturated heterocycles. The van der Waals surface area contributed by atoms with E-state index in [1.165, 1.54) is 50.6 Å². The van der Waals surface area contributed by atoms with Gasteiger partial charge in [-0.3, -0.25) is 0 Å². The van der Waals surface area contributed by atoms with Crippen LogP contribution >= 0.6 is 0 Å². The number of pyridine rings is 1. The molecule has 0 N–H and O–H groups in total. The van der Waals surface area contributed by atoms with Gasteiger partial charge in [0.25, 0.3) is 0 Å². The van der Waals surface area contributed by atoms with Crippen molar-refractivity contribution in [2.24, 2.45) is 0 Å². The van der Waals surface area contributed by atoms with Crippen LogP contribution in [0.25, 0.3) is 0 Å². The fraction of sp³-hybridized carbons (Fsp3) is 0.667. The highest BCUT2D eigenvalue weighted by atomic mass is 79.9. The largest absolute Gasteiger partial charge is 1.00 e. The molecule has 0 unspecified atom stereocenters. The normalized spacial score (nSPS) is 10.0. The van der Waals surface area contributed by atoms with Crippen LogP contribution in [0.2, 0.25) is 0 Å². The summed E-state index contributed by atoms with van der Waals surface area (Å²) in [5.74, 6) is 0. The van der Waals surface area contributed by atoms with E-state index in [0.29, 0.717) is 0 Å². The molecule has 98 valence electrons. The Labute approximate surface area is 117 Å². The lowest BCUT2D eigenvalue weighted by atomic mass is 10.1. The lowest BCUT2D eigenvalue weighted by molar-refractivity contribution is -0.697. The fourth-order valence-corrected chi connectivity index (χ4v) is 2.00. The third kappa shape index (κ3) is 7.54. The summed E-state index contributed by atoms with van der Waals surface area (Å²) in [6.07, 6.45) is 13.9. The monoisotopic (exact) mass is 299 g/mol. The number of aromatic nitrogens is 1. The molecule has 0 spiro atoms. The molecule has 0 aliphatic rings. The van der Waals surface area contributed by atoms with E-state index >= 15 is 0 Å². The second kappa shape index (κ2) is 10.8. The Hall–Kier alpha value is -0.370. The summed E-state index contributed by atoms with van der Waals surface area (Å²) >= 11 is 0. The summed E-state index contributed by atoms with van der Waals surface area (Å²) in [7, 11) is 0. The molecule has 1 aromatic rings. The number of rotatable bonds is 8. The molecule has 1 nitrogen and oxygen atoms in total. The molecule has 0 radical (unpaired) electrons. The van der Waals surface area contributed by atoms with Gasteiger partial charge in [0, 0.05) is 18.1 Å². The van der Waals surface area contributed by atoms with Crippen LogP contribution in [0.15, 0.2) is 24.5 Å². The standard InChI is InChI=1S/C15H26N.BrH/c1-3-5-6-7-8-9-12-16-13-10-11-15(4-2)14-16;/h10-11,13-14H,3-9,12H2,1-2H3;1H/q+1;/p-1. The minimum atomic E-state index is 0. The molecule has 1 rings (SSSR count). The van der Waals surface area contributed by atoms with Gasteiger partial charge in [0.1, 0.15) is 6.54 Å². The lowest BCUT2D eigenvalue weighted by Crippen LogP contribution is -3.00. The molecule has 0 aliphatic heterocycles. The molecule has 2 heteroatoms. The number of nitrogens with zero attached hydrogens (tertiary/aromatic N) is 1. The molecule has 0 amide bonds. The van der Waals surface area contributed by atoms with E-state index < -0.39 is 0 Å². The minimum absolute atomic E-state index is 0. The SMILES string of the molecule is CCCCCCCC[n+]1cccc(CC)c1.[Br-]. The second-order valence-corrected chi connectivity index (χ2v) is 4.57. The molecule has 0 fully saturated rings. The van der Waals surface area contributed by atoms with Gasteiger partial charge in [0.15, 0.2) is 12.4 Å². The number of hydrogen-bond acceptors (Lipinski definition) is 0. The maximum absolute atomic E-state index is 2.33. The third-order valence-electron chi connectivity index (χ3n) is 3.10. The van der Waals surface area contributed by atoms with Crippen LogP contribution in [0.5, 0.6) is 0 Å². The maximum Gasteiger partial charge on any atom is 0.171 e. The highest BCUT2D eigenvalue weighted by Gasteiger charge is 2.00. The van der Waals surface area contributed by atoms with Crippen molar-refractivity contribution < 1.29 is 21.5 Å². The molecular formula is C15H26BrN. The quantitative estimate of drug-likeness (QED) is 0.496. The molecule has 0 saturated carbocycles. The van der Waals surface area contributed by atoms with E-state index in [9.17, 15) is 0 Å². The van der Waals surface area contributed by atoms with Gasteiger partial charge in [-0.1, -0.05) is 39.5 Å². The molecule has 0 bridgehead atoms. The first kappa shape index (κ1) is 16.6. The summed E-state index contributed by atoms with van der Waals surface area (Å²) in [5.41, 5.74) is 1.44. The first-order valence-corrected chi connectivity index (χ1v) is 6.84. The van der Waals surface area contributed by atoms with Gasteiger partial charge in [-0.2, -0.15) is 0 Å². The van der Waals surface area contributed by atoms with Crippen LogP contribution < -0.4 is 21.5 Å². The zero-order valence-electron chi connectivity index (χ0n) is 11.3.